The highest BCUT2D eigenvalue weighted by atomic mass is 16.2. The van der Waals surface area contributed by atoms with Gasteiger partial charge in [-0.1, -0.05) is 30.3 Å². The predicted molar refractivity (Wildman–Crippen MR) is 121 cm³/mol. The molecule has 1 spiro atoms. The maximum Gasteiger partial charge on any atom is 0.325 e. The van der Waals surface area contributed by atoms with E-state index >= 15 is 0 Å². The zero-order valence-corrected chi connectivity index (χ0v) is 18.5. The Morgan fingerprint density at radius 2 is 1.75 bits per heavy atom. The zero-order chi connectivity index (χ0) is 22.0. The third kappa shape index (κ3) is 4.29. The summed E-state index contributed by atoms with van der Waals surface area (Å²) in [6, 6.07) is 10.3. The van der Waals surface area contributed by atoms with Crippen molar-refractivity contribution in [2.75, 3.05) is 32.7 Å². The minimum Gasteiger partial charge on any atom is -0.347 e. The average molecular weight is 437 g/mol. The Bertz CT molecular complexity index is 915. The molecule has 0 radical (unpaired) electrons. The predicted octanol–water partition coefficient (Wildman–Crippen LogP) is 2.00. The van der Waals surface area contributed by atoms with Gasteiger partial charge in [-0.15, -0.1) is 0 Å². The smallest absolute Gasteiger partial charge is 0.325 e. The first-order valence-corrected chi connectivity index (χ1v) is 11.7. The molecule has 4 heterocycles. The molecule has 1 aromatic heterocycles. The monoisotopic (exact) mass is 436 g/mol. The summed E-state index contributed by atoms with van der Waals surface area (Å²) < 4.78 is 0. The molecule has 0 atom stereocenters. The number of carbonyl (C=O) groups excluding carboxylic acids is 2. The fraction of sp³-hybridized carbons (Fsp3) is 0.542. The Labute approximate surface area is 189 Å². The fourth-order valence-corrected chi connectivity index (χ4v) is 5.35. The van der Waals surface area contributed by atoms with E-state index in [9.17, 15) is 9.59 Å². The number of likely N-dealkylation sites (tertiary alicyclic amines) is 2. The highest BCUT2D eigenvalue weighted by Crippen LogP contribution is 2.32. The number of carbonyl (C=O) groups is 2. The van der Waals surface area contributed by atoms with E-state index in [0.717, 1.165) is 64.2 Å². The van der Waals surface area contributed by atoms with Crippen molar-refractivity contribution >= 4 is 11.9 Å². The van der Waals surface area contributed by atoms with Crippen LogP contribution in [0.4, 0.5) is 4.79 Å². The van der Waals surface area contributed by atoms with Crippen LogP contribution in [-0.4, -0.2) is 80.9 Å². The molecule has 3 saturated heterocycles. The molecule has 0 aliphatic carbocycles. The van der Waals surface area contributed by atoms with E-state index in [2.05, 4.69) is 49.4 Å². The van der Waals surface area contributed by atoms with Crippen molar-refractivity contribution in [3.8, 4) is 0 Å². The molecular formula is C24H32N6O2. The second kappa shape index (κ2) is 9.03. The summed E-state index contributed by atoms with van der Waals surface area (Å²) in [4.78, 5) is 39.8. The van der Waals surface area contributed by atoms with Crippen molar-refractivity contribution < 1.29 is 9.59 Å². The number of amides is 3. The molecule has 170 valence electrons. The summed E-state index contributed by atoms with van der Waals surface area (Å²) in [5.74, 6) is -0.00257. The number of piperidine rings is 2. The molecular weight excluding hydrogens is 404 g/mol. The van der Waals surface area contributed by atoms with Gasteiger partial charge in [-0.2, -0.15) is 0 Å². The molecule has 3 aliphatic rings. The Kier molecular flexibility index (Phi) is 5.97. The lowest BCUT2D eigenvalue weighted by atomic mass is 9.86. The molecule has 3 amide bonds. The highest BCUT2D eigenvalue weighted by molar-refractivity contribution is 6.07. The summed E-state index contributed by atoms with van der Waals surface area (Å²) in [5, 5.41) is 3.09. The van der Waals surface area contributed by atoms with Gasteiger partial charge in [0.1, 0.15) is 5.54 Å². The first kappa shape index (κ1) is 21.2. The van der Waals surface area contributed by atoms with E-state index < -0.39 is 5.54 Å². The Hall–Kier alpha value is -2.71. The first-order valence-electron chi connectivity index (χ1n) is 11.7. The van der Waals surface area contributed by atoms with Gasteiger partial charge >= 0.3 is 6.03 Å². The number of imidazole rings is 1. The normalized spacial score (nSPS) is 22.6. The van der Waals surface area contributed by atoms with Gasteiger partial charge in [0.2, 0.25) is 0 Å². The minimum atomic E-state index is -0.701. The van der Waals surface area contributed by atoms with Gasteiger partial charge < -0.3 is 15.2 Å². The summed E-state index contributed by atoms with van der Waals surface area (Å²) >= 11 is 0. The standard InChI is InChI=1S/C24H32N6O2/c31-22-24(9-14-28(15-10-24)11-6-19-4-2-1-3-5-19)27-23(32)30(22)21-7-12-29(13-8-21)17-20-16-25-18-26-20/h1-5,16,18,21H,6-15,17H2,(H,25,26)(H,27,32). The number of aromatic amines is 1. The van der Waals surface area contributed by atoms with Crippen LogP contribution in [0.25, 0.3) is 0 Å². The number of H-pyrrole nitrogens is 1. The summed E-state index contributed by atoms with van der Waals surface area (Å²) in [5.41, 5.74) is 1.73. The maximum atomic E-state index is 13.4. The van der Waals surface area contributed by atoms with Gasteiger partial charge in [0.05, 0.1) is 6.33 Å². The molecule has 2 aromatic rings. The molecule has 8 heteroatoms. The third-order valence-corrected chi connectivity index (χ3v) is 7.33. The van der Waals surface area contributed by atoms with E-state index in [-0.39, 0.29) is 18.0 Å². The topological polar surface area (TPSA) is 84.6 Å². The van der Waals surface area contributed by atoms with Gasteiger partial charge in [0.25, 0.3) is 5.91 Å². The number of rotatable bonds is 6. The highest BCUT2D eigenvalue weighted by Gasteiger charge is 2.54. The minimum absolute atomic E-state index is 0.00257. The number of imide groups is 1. The molecule has 0 unspecified atom stereocenters. The van der Waals surface area contributed by atoms with Crippen LogP contribution in [0.1, 0.15) is 36.9 Å². The number of aromatic nitrogens is 2. The second-order valence-electron chi connectivity index (χ2n) is 9.35. The Morgan fingerprint density at radius 3 is 2.44 bits per heavy atom. The lowest BCUT2D eigenvalue weighted by Crippen LogP contribution is -2.55. The molecule has 5 rings (SSSR count). The molecule has 0 bridgehead atoms. The number of hydrogen-bond acceptors (Lipinski definition) is 5. The van der Waals surface area contributed by atoms with E-state index in [1.165, 1.54) is 5.56 Å². The SMILES string of the molecule is O=C1NC2(CCN(CCc3ccccc3)CC2)C(=O)N1C1CCN(Cc2cnc[nH]2)CC1. The van der Waals surface area contributed by atoms with Gasteiger partial charge in [-0.25, -0.2) is 9.78 Å². The van der Waals surface area contributed by atoms with Crippen LogP contribution < -0.4 is 5.32 Å². The van der Waals surface area contributed by atoms with Crippen molar-refractivity contribution in [3.63, 3.8) is 0 Å². The molecule has 1 aromatic carbocycles. The van der Waals surface area contributed by atoms with Crippen LogP contribution >= 0.6 is 0 Å². The number of nitrogens with zero attached hydrogens (tertiary/aromatic N) is 4. The number of benzene rings is 1. The van der Waals surface area contributed by atoms with E-state index in [0.29, 0.717) is 12.8 Å². The van der Waals surface area contributed by atoms with E-state index in [1.54, 1.807) is 11.2 Å². The van der Waals surface area contributed by atoms with Crippen molar-refractivity contribution in [2.45, 2.75) is 50.2 Å². The van der Waals surface area contributed by atoms with Crippen molar-refractivity contribution in [3.05, 3.63) is 54.1 Å². The van der Waals surface area contributed by atoms with Crippen LogP contribution in [0.3, 0.4) is 0 Å². The average Bonchev–Trinajstić information content (AvgIpc) is 3.41. The summed E-state index contributed by atoms with van der Waals surface area (Å²) in [6.45, 7) is 5.25. The van der Waals surface area contributed by atoms with Gasteiger partial charge in [-0.05, 0) is 37.7 Å². The number of nitrogens with one attached hydrogen (secondary N) is 2. The molecule has 0 saturated carbocycles. The Balaban J connectivity index is 1.13. The van der Waals surface area contributed by atoms with Gasteiger partial charge in [0, 0.05) is 57.2 Å². The number of urea groups is 1. The van der Waals surface area contributed by atoms with Crippen LogP contribution in [0, 0.1) is 0 Å². The number of hydrogen-bond donors (Lipinski definition) is 2. The van der Waals surface area contributed by atoms with E-state index in [1.807, 2.05) is 12.3 Å². The van der Waals surface area contributed by atoms with E-state index in [4.69, 9.17) is 0 Å². The lowest BCUT2D eigenvalue weighted by molar-refractivity contribution is -0.135. The largest absolute Gasteiger partial charge is 0.347 e. The van der Waals surface area contributed by atoms with Crippen molar-refractivity contribution in [1.29, 1.82) is 0 Å². The summed E-state index contributed by atoms with van der Waals surface area (Å²) in [7, 11) is 0. The molecule has 3 aliphatic heterocycles. The third-order valence-electron chi connectivity index (χ3n) is 7.33. The Morgan fingerprint density at radius 1 is 1.00 bits per heavy atom. The quantitative estimate of drug-likeness (QED) is 0.677. The fourth-order valence-electron chi connectivity index (χ4n) is 5.35. The molecule has 32 heavy (non-hydrogen) atoms. The second-order valence-corrected chi connectivity index (χ2v) is 9.35. The molecule has 8 nitrogen and oxygen atoms in total. The molecule has 3 fully saturated rings. The zero-order valence-electron chi connectivity index (χ0n) is 18.5. The summed E-state index contributed by atoms with van der Waals surface area (Å²) in [6.07, 6.45) is 7.60. The van der Waals surface area contributed by atoms with Crippen molar-refractivity contribution in [1.82, 2.24) is 30.0 Å². The van der Waals surface area contributed by atoms with Crippen LogP contribution in [-0.2, 0) is 17.8 Å². The maximum absolute atomic E-state index is 13.4. The van der Waals surface area contributed by atoms with Gasteiger partial charge in [0.15, 0.2) is 0 Å². The molecule has 2 N–H and O–H groups in total. The van der Waals surface area contributed by atoms with Crippen molar-refractivity contribution in [2.24, 2.45) is 0 Å². The van der Waals surface area contributed by atoms with Crippen LogP contribution in [0.5, 0.6) is 0 Å². The van der Waals surface area contributed by atoms with Crippen LogP contribution in [0.2, 0.25) is 0 Å². The first-order chi connectivity index (χ1) is 15.6. The lowest BCUT2D eigenvalue weighted by Gasteiger charge is -2.38. The van der Waals surface area contributed by atoms with Crippen LogP contribution in [0.15, 0.2) is 42.9 Å². The van der Waals surface area contributed by atoms with Gasteiger partial charge in [-0.3, -0.25) is 14.6 Å².